The number of rotatable bonds is 8. The summed E-state index contributed by atoms with van der Waals surface area (Å²) in [5.74, 6) is -1.00. The number of carbonyl (C=O) groups is 2. The zero-order valence-corrected chi connectivity index (χ0v) is 13.2. The Morgan fingerprint density at radius 1 is 1.38 bits per heavy atom. The lowest BCUT2D eigenvalue weighted by atomic mass is 10.1. The maximum Gasteiger partial charge on any atom is 0.337 e. The number of carboxylic acids is 1. The van der Waals surface area contributed by atoms with Crippen molar-refractivity contribution < 1.29 is 24.5 Å². The molecule has 1 amide bonds. The highest BCUT2D eigenvalue weighted by atomic mass is 79.9. The van der Waals surface area contributed by atoms with Crippen molar-refractivity contribution in [2.45, 2.75) is 25.4 Å². The molecule has 0 aliphatic heterocycles. The summed E-state index contributed by atoms with van der Waals surface area (Å²) in [7, 11) is 0. The van der Waals surface area contributed by atoms with E-state index in [-0.39, 0.29) is 18.9 Å². The summed E-state index contributed by atoms with van der Waals surface area (Å²) < 4.78 is 6.34. The fourth-order valence-corrected chi connectivity index (χ4v) is 1.81. The zero-order chi connectivity index (χ0) is 15.9. The van der Waals surface area contributed by atoms with E-state index < -0.39 is 11.6 Å². The molecule has 0 spiro atoms. The van der Waals surface area contributed by atoms with Crippen LogP contribution in [-0.2, 0) is 9.59 Å². The summed E-state index contributed by atoms with van der Waals surface area (Å²) in [4.78, 5) is 22.2. The third kappa shape index (κ3) is 6.14. The molecule has 1 aromatic carbocycles. The molecule has 0 aliphatic carbocycles. The molecule has 6 nitrogen and oxygen atoms in total. The van der Waals surface area contributed by atoms with Gasteiger partial charge in [0.25, 0.3) is 0 Å². The van der Waals surface area contributed by atoms with Gasteiger partial charge in [0.2, 0.25) is 5.91 Å². The first-order chi connectivity index (χ1) is 9.83. The summed E-state index contributed by atoms with van der Waals surface area (Å²) in [6.45, 7) is 1.17. The van der Waals surface area contributed by atoms with Crippen molar-refractivity contribution in [3.63, 3.8) is 0 Å². The van der Waals surface area contributed by atoms with Gasteiger partial charge in [-0.05, 0) is 41.4 Å². The van der Waals surface area contributed by atoms with Crippen LogP contribution in [-0.4, -0.2) is 40.8 Å². The predicted octanol–water partition coefficient (Wildman–Crippen LogP) is 1.56. The number of aliphatic carboxylic acids is 1. The molecule has 0 aliphatic rings. The summed E-state index contributed by atoms with van der Waals surface area (Å²) in [5, 5.41) is 20.5. The van der Waals surface area contributed by atoms with Crippen LogP contribution in [0.25, 0.3) is 0 Å². The molecule has 0 fully saturated rings. The number of benzene rings is 1. The molecule has 1 unspecified atom stereocenters. The van der Waals surface area contributed by atoms with Crippen molar-refractivity contribution in [2.24, 2.45) is 0 Å². The Morgan fingerprint density at radius 3 is 2.67 bits per heavy atom. The minimum atomic E-state index is -1.96. The maximum atomic E-state index is 11.5. The highest BCUT2D eigenvalue weighted by Gasteiger charge is 2.30. The second kappa shape index (κ2) is 7.99. The molecule has 0 saturated heterocycles. The summed E-state index contributed by atoms with van der Waals surface area (Å²) >= 11 is 3.35. The van der Waals surface area contributed by atoms with E-state index >= 15 is 0 Å². The number of ether oxygens (including phenoxy) is 1. The second-order valence-electron chi connectivity index (χ2n) is 4.74. The van der Waals surface area contributed by atoms with Crippen LogP contribution in [0.2, 0.25) is 0 Å². The van der Waals surface area contributed by atoms with E-state index in [1.165, 1.54) is 0 Å². The molecule has 0 heterocycles. The minimum Gasteiger partial charge on any atom is -0.492 e. The Labute approximate surface area is 131 Å². The lowest BCUT2D eigenvalue weighted by molar-refractivity contribution is -0.156. The van der Waals surface area contributed by atoms with Crippen molar-refractivity contribution in [1.82, 2.24) is 5.32 Å². The van der Waals surface area contributed by atoms with Gasteiger partial charge in [-0.25, -0.2) is 4.79 Å². The lowest BCUT2D eigenvalue weighted by Gasteiger charge is -2.18. The van der Waals surface area contributed by atoms with E-state index in [4.69, 9.17) is 9.84 Å². The van der Waals surface area contributed by atoms with Gasteiger partial charge >= 0.3 is 5.97 Å². The van der Waals surface area contributed by atoms with E-state index in [1.807, 2.05) is 24.3 Å². The molecule has 1 atom stereocenters. The monoisotopic (exact) mass is 359 g/mol. The quantitative estimate of drug-likeness (QED) is 0.612. The average Bonchev–Trinajstić information content (AvgIpc) is 2.43. The molecule has 0 bridgehead atoms. The highest BCUT2D eigenvalue weighted by Crippen LogP contribution is 2.23. The van der Waals surface area contributed by atoms with Crippen molar-refractivity contribution in [3.05, 3.63) is 28.7 Å². The van der Waals surface area contributed by atoms with Crippen LogP contribution in [0, 0.1) is 0 Å². The number of hydrogen-bond donors (Lipinski definition) is 3. The number of aliphatic hydroxyl groups is 1. The van der Waals surface area contributed by atoms with Crippen LogP contribution in [0.3, 0.4) is 0 Å². The third-order valence-corrected chi connectivity index (χ3v) is 3.39. The van der Waals surface area contributed by atoms with Gasteiger partial charge in [-0.15, -0.1) is 0 Å². The SMILES string of the molecule is CC(O)(CNC(=O)CCCOc1ccccc1Br)C(=O)O. The van der Waals surface area contributed by atoms with Crippen molar-refractivity contribution in [2.75, 3.05) is 13.2 Å². The van der Waals surface area contributed by atoms with Gasteiger partial charge in [-0.3, -0.25) is 4.79 Å². The normalized spacial score (nSPS) is 13.3. The number of halogens is 1. The molecule has 0 aromatic heterocycles. The summed E-state index contributed by atoms with van der Waals surface area (Å²) in [6.07, 6.45) is 0.683. The number of hydrogen-bond acceptors (Lipinski definition) is 4. The first-order valence-corrected chi connectivity index (χ1v) is 7.22. The van der Waals surface area contributed by atoms with Gasteiger partial charge in [0, 0.05) is 6.42 Å². The van der Waals surface area contributed by atoms with Gasteiger partial charge < -0.3 is 20.3 Å². The maximum absolute atomic E-state index is 11.5. The van der Waals surface area contributed by atoms with Crippen molar-refractivity contribution in [1.29, 1.82) is 0 Å². The molecular weight excluding hydrogens is 342 g/mol. The Balaban J connectivity index is 2.23. The van der Waals surface area contributed by atoms with Crippen LogP contribution in [0.5, 0.6) is 5.75 Å². The Hall–Kier alpha value is -1.60. The average molecular weight is 360 g/mol. The van der Waals surface area contributed by atoms with Crippen LogP contribution < -0.4 is 10.1 Å². The van der Waals surface area contributed by atoms with Crippen LogP contribution in [0.1, 0.15) is 19.8 Å². The Bertz CT molecular complexity index is 504. The van der Waals surface area contributed by atoms with E-state index in [9.17, 15) is 14.7 Å². The molecule has 1 rings (SSSR count). The van der Waals surface area contributed by atoms with Crippen LogP contribution in [0.4, 0.5) is 0 Å². The van der Waals surface area contributed by atoms with Gasteiger partial charge in [0.15, 0.2) is 5.60 Å². The Kier molecular flexibility index (Phi) is 6.64. The third-order valence-electron chi connectivity index (χ3n) is 2.73. The smallest absolute Gasteiger partial charge is 0.337 e. The zero-order valence-electron chi connectivity index (χ0n) is 11.6. The van der Waals surface area contributed by atoms with Gasteiger partial charge in [-0.2, -0.15) is 0 Å². The molecule has 0 radical (unpaired) electrons. The van der Waals surface area contributed by atoms with Crippen LogP contribution >= 0.6 is 15.9 Å². The van der Waals surface area contributed by atoms with E-state index in [0.29, 0.717) is 18.8 Å². The number of carbonyl (C=O) groups excluding carboxylic acids is 1. The number of para-hydroxylation sites is 1. The first kappa shape index (κ1) is 17.5. The van der Waals surface area contributed by atoms with Crippen molar-refractivity contribution in [3.8, 4) is 5.75 Å². The number of amides is 1. The number of nitrogens with one attached hydrogen (secondary N) is 1. The Morgan fingerprint density at radius 2 is 2.05 bits per heavy atom. The topological polar surface area (TPSA) is 95.9 Å². The largest absolute Gasteiger partial charge is 0.492 e. The van der Waals surface area contributed by atoms with Gasteiger partial charge in [0.05, 0.1) is 17.6 Å². The summed E-state index contributed by atoms with van der Waals surface area (Å²) in [6, 6.07) is 7.39. The molecule has 1 aromatic rings. The number of carboxylic acid groups (broad SMARTS) is 1. The van der Waals surface area contributed by atoms with Gasteiger partial charge in [0.1, 0.15) is 5.75 Å². The van der Waals surface area contributed by atoms with Gasteiger partial charge in [-0.1, -0.05) is 12.1 Å². The molecule has 0 saturated carbocycles. The molecule has 3 N–H and O–H groups in total. The van der Waals surface area contributed by atoms with Crippen LogP contribution in [0.15, 0.2) is 28.7 Å². The standard InChI is InChI=1S/C14H18BrNO5/c1-14(20,13(18)19)9-16-12(17)7-4-8-21-11-6-3-2-5-10(11)15/h2-3,5-6,20H,4,7-9H2,1H3,(H,16,17)(H,18,19). The fourth-order valence-electron chi connectivity index (χ4n) is 1.41. The fraction of sp³-hybridized carbons (Fsp3) is 0.429. The first-order valence-electron chi connectivity index (χ1n) is 6.43. The van der Waals surface area contributed by atoms with E-state index in [0.717, 1.165) is 11.4 Å². The van der Waals surface area contributed by atoms with Crippen molar-refractivity contribution >= 4 is 27.8 Å². The highest BCUT2D eigenvalue weighted by molar-refractivity contribution is 9.10. The lowest BCUT2D eigenvalue weighted by Crippen LogP contribution is -2.46. The molecule has 7 heteroatoms. The van der Waals surface area contributed by atoms with E-state index in [1.54, 1.807) is 0 Å². The molecular formula is C14H18BrNO5. The second-order valence-corrected chi connectivity index (χ2v) is 5.59. The predicted molar refractivity (Wildman–Crippen MR) is 80.1 cm³/mol. The molecule has 116 valence electrons. The summed E-state index contributed by atoms with van der Waals surface area (Å²) in [5.41, 5.74) is -1.96. The van der Waals surface area contributed by atoms with E-state index in [2.05, 4.69) is 21.2 Å². The minimum absolute atomic E-state index is 0.195. The molecule has 21 heavy (non-hydrogen) atoms.